The third-order valence-electron chi connectivity index (χ3n) is 2.87. The van der Waals surface area contributed by atoms with Gasteiger partial charge in [-0.3, -0.25) is 4.79 Å². The van der Waals surface area contributed by atoms with E-state index in [0.717, 1.165) is 0 Å². The molecule has 116 valence electrons. The molecule has 0 bridgehead atoms. The molecule has 0 radical (unpaired) electrons. The Hall–Kier alpha value is -2.38. The molecule has 0 aliphatic rings. The second-order valence-electron chi connectivity index (χ2n) is 4.53. The number of aromatic hydroxyl groups is 1. The molecule has 2 rings (SSSR count). The van der Waals surface area contributed by atoms with Gasteiger partial charge in [0.15, 0.2) is 0 Å². The van der Waals surface area contributed by atoms with Crippen LogP contribution in [0, 0.1) is 0 Å². The summed E-state index contributed by atoms with van der Waals surface area (Å²) < 4.78 is 26.0. The number of carbonyl (C=O) groups is 1. The second-order valence-corrected chi connectivity index (χ2v) is 6.30. The number of anilines is 1. The van der Waals surface area contributed by atoms with Crippen molar-refractivity contribution in [3.63, 3.8) is 0 Å². The fraction of sp³-hybridized carbons (Fsp3) is 0.133. The fourth-order valence-corrected chi connectivity index (χ4v) is 2.89. The zero-order chi connectivity index (χ0) is 16.2. The normalized spacial score (nSPS) is 11.1. The summed E-state index contributed by atoms with van der Waals surface area (Å²) in [5.74, 6) is -0.345. The molecular weight excluding hydrogens is 304 g/mol. The van der Waals surface area contributed by atoms with Crippen LogP contribution in [0.5, 0.6) is 5.75 Å². The van der Waals surface area contributed by atoms with E-state index in [4.69, 9.17) is 0 Å². The lowest BCUT2D eigenvalue weighted by Gasteiger charge is -2.07. The fourth-order valence-electron chi connectivity index (χ4n) is 1.85. The van der Waals surface area contributed by atoms with Crippen LogP contribution in [0.4, 0.5) is 5.69 Å². The molecule has 6 nitrogen and oxygen atoms in total. The first-order valence-corrected chi connectivity index (χ1v) is 8.11. The molecule has 3 N–H and O–H groups in total. The standard InChI is InChI=1S/C15H16N2O4S/c1-2-16-22(20,21)14-8-6-11(7-9-14)15(19)17-12-4-3-5-13(18)10-12/h3-10,16,18H,2H2,1H3,(H,17,19). The Morgan fingerprint density at radius 2 is 1.82 bits per heavy atom. The van der Waals surface area contributed by atoms with E-state index in [-0.39, 0.29) is 10.6 Å². The maximum Gasteiger partial charge on any atom is 0.255 e. The number of benzene rings is 2. The molecule has 0 spiro atoms. The van der Waals surface area contributed by atoms with Crippen molar-refractivity contribution in [2.24, 2.45) is 0 Å². The maximum atomic E-state index is 12.1. The highest BCUT2D eigenvalue weighted by molar-refractivity contribution is 7.89. The summed E-state index contributed by atoms with van der Waals surface area (Å²) in [4.78, 5) is 12.2. The molecule has 2 aromatic rings. The average molecular weight is 320 g/mol. The number of phenolic OH excluding ortho intramolecular Hbond substituents is 1. The molecule has 0 unspecified atom stereocenters. The Balaban J connectivity index is 2.15. The van der Waals surface area contributed by atoms with Crippen LogP contribution in [0.25, 0.3) is 0 Å². The third kappa shape index (κ3) is 3.84. The van der Waals surface area contributed by atoms with Crippen LogP contribution in [0.15, 0.2) is 53.4 Å². The van der Waals surface area contributed by atoms with Crippen LogP contribution in [-0.4, -0.2) is 26.0 Å². The summed E-state index contributed by atoms with van der Waals surface area (Å²) in [7, 11) is -3.53. The van der Waals surface area contributed by atoms with Crippen molar-refractivity contribution in [2.75, 3.05) is 11.9 Å². The van der Waals surface area contributed by atoms with Crippen LogP contribution in [0.1, 0.15) is 17.3 Å². The number of amides is 1. The first kappa shape index (κ1) is 16.0. The molecular formula is C15H16N2O4S. The van der Waals surface area contributed by atoms with E-state index >= 15 is 0 Å². The number of hydrogen-bond donors (Lipinski definition) is 3. The number of rotatable bonds is 5. The second kappa shape index (κ2) is 6.59. The van der Waals surface area contributed by atoms with E-state index in [1.54, 1.807) is 19.1 Å². The van der Waals surface area contributed by atoms with Crippen LogP contribution in [0.3, 0.4) is 0 Å². The first-order valence-electron chi connectivity index (χ1n) is 6.62. The molecule has 1 amide bonds. The van der Waals surface area contributed by atoms with Gasteiger partial charge >= 0.3 is 0 Å². The minimum atomic E-state index is -3.53. The molecule has 0 atom stereocenters. The molecule has 0 aromatic heterocycles. The zero-order valence-electron chi connectivity index (χ0n) is 11.9. The van der Waals surface area contributed by atoms with Crippen LogP contribution in [-0.2, 0) is 10.0 Å². The van der Waals surface area contributed by atoms with E-state index in [1.807, 2.05) is 0 Å². The number of hydrogen-bond acceptors (Lipinski definition) is 4. The summed E-state index contributed by atoms with van der Waals surface area (Å²) >= 11 is 0. The highest BCUT2D eigenvalue weighted by atomic mass is 32.2. The molecule has 0 saturated carbocycles. The molecule has 0 fully saturated rings. The largest absolute Gasteiger partial charge is 0.508 e. The summed E-state index contributed by atoms with van der Waals surface area (Å²) in [5.41, 5.74) is 0.771. The first-order chi connectivity index (χ1) is 10.4. The smallest absolute Gasteiger partial charge is 0.255 e. The zero-order valence-corrected chi connectivity index (χ0v) is 12.7. The Morgan fingerprint density at radius 1 is 1.14 bits per heavy atom. The van der Waals surface area contributed by atoms with Gasteiger partial charge in [-0.1, -0.05) is 13.0 Å². The summed E-state index contributed by atoms with van der Waals surface area (Å²) in [6.07, 6.45) is 0. The Kier molecular flexibility index (Phi) is 4.79. The van der Waals surface area contributed by atoms with Gasteiger partial charge in [-0.2, -0.15) is 0 Å². The van der Waals surface area contributed by atoms with Gasteiger partial charge in [0, 0.05) is 23.9 Å². The highest BCUT2D eigenvalue weighted by Gasteiger charge is 2.13. The minimum absolute atomic E-state index is 0.0462. The number of nitrogens with one attached hydrogen (secondary N) is 2. The molecule has 0 saturated heterocycles. The lowest BCUT2D eigenvalue weighted by atomic mass is 10.2. The van der Waals surface area contributed by atoms with Crippen molar-refractivity contribution in [3.8, 4) is 5.75 Å². The SMILES string of the molecule is CCNS(=O)(=O)c1ccc(C(=O)Nc2cccc(O)c2)cc1. The lowest BCUT2D eigenvalue weighted by Crippen LogP contribution is -2.23. The minimum Gasteiger partial charge on any atom is -0.508 e. The van der Waals surface area contributed by atoms with E-state index < -0.39 is 15.9 Å². The average Bonchev–Trinajstić information content (AvgIpc) is 2.47. The Bertz CT molecular complexity index is 770. The summed E-state index contributed by atoms with van der Waals surface area (Å²) in [5, 5.41) is 12.0. The van der Waals surface area contributed by atoms with Gasteiger partial charge in [0.1, 0.15) is 5.75 Å². The van der Waals surface area contributed by atoms with Crippen molar-refractivity contribution in [1.82, 2.24) is 4.72 Å². The van der Waals surface area contributed by atoms with Gasteiger partial charge < -0.3 is 10.4 Å². The van der Waals surface area contributed by atoms with E-state index in [2.05, 4.69) is 10.0 Å². The van der Waals surface area contributed by atoms with Crippen molar-refractivity contribution >= 4 is 21.6 Å². The van der Waals surface area contributed by atoms with Gasteiger partial charge in [-0.15, -0.1) is 0 Å². The predicted molar refractivity (Wildman–Crippen MR) is 83.4 cm³/mol. The summed E-state index contributed by atoms with van der Waals surface area (Å²) in [6.45, 7) is 1.98. The monoisotopic (exact) mass is 320 g/mol. The topological polar surface area (TPSA) is 95.5 Å². The van der Waals surface area contributed by atoms with Crippen molar-refractivity contribution < 1.29 is 18.3 Å². The third-order valence-corrected chi connectivity index (χ3v) is 4.43. The van der Waals surface area contributed by atoms with Gasteiger partial charge in [-0.05, 0) is 36.4 Å². The molecule has 0 aliphatic heterocycles. The maximum absolute atomic E-state index is 12.1. The molecule has 22 heavy (non-hydrogen) atoms. The highest BCUT2D eigenvalue weighted by Crippen LogP contribution is 2.17. The number of sulfonamides is 1. The van der Waals surface area contributed by atoms with Gasteiger partial charge in [0.25, 0.3) is 5.91 Å². The molecule has 0 aliphatic carbocycles. The van der Waals surface area contributed by atoms with Gasteiger partial charge in [0.05, 0.1) is 4.90 Å². The van der Waals surface area contributed by atoms with Crippen LogP contribution < -0.4 is 10.0 Å². The van der Waals surface area contributed by atoms with Crippen LogP contribution in [0.2, 0.25) is 0 Å². The van der Waals surface area contributed by atoms with Gasteiger partial charge in [0.2, 0.25) is 10.0 Å². The van der Waals surface area contributed by atoms with Gasteiger partial charge in [-0.25, -0.2) is 13.1 Å². The molecule has 0 heterocycles. The lowest BCUT2D eigenvalue weighted by molar-refractivity contribution is 0.102. The van der Waals surface area contributed by atoms with E-state index in [0.29, 0.717) is 17.8 Å². The molecule has 2 aromatic carbocycles. The predicted octanol–water partition coefficient (Wildman–Crippen LogP) is 1.94. The van der Waals surface area contributed by atoms with E-state index in [1.165, 1.54) is 36.4 Å². The molecule has 7 heteroatoms. The van der Waals surface area contributed by atoms with Crippen molar-refractivity contribution in [3.05, 3.63) is 54.1 Å². The Morgan fingerprint density at radius 3 is 2.41 bits per heavy atom. The van der Waals surface area contributed by atoms with Crippen molar-refractivity contribution in [2.45, 2.75) is 11.8 Å². The van der Waals surface area contributed by atoms with Crippen LogP contribution >= 0.6 is 0 Å². The summed E-state index contributed by atoms with van der Waals surface area (Å²) in [6, 6.07) is 11.8. The Labute approximate surface area is 128 Å². The van der Waals surface area contributed by atoms with Crippen molar-refractivity contribution in [1.29, 1.82) is 0 Å². The number of phenols is 1. The number of carbonyl (C=O) groups excluding carboxylic acids is 1. The van der Waals surface area contributed by atoms with E-state index in [9.17, 15) is 18.3 Å². The quantitative estimate of drug-likeness (QED) is 0.784.